The van der Waals surface area contributed by atoms with E-state index in [1.807, 2.05) is 0 Å². The summed E-state index contributed by atoms with van der Waals surface area (Å²) in [5.74, 6) is -1.41. The molecule has 0 unspecified atom stereocenters. The maximum Gasteiger partial charge on any atom is 0.391 e. The SMILES string of the molecule is CN1C(=O)COc2cc(Nc3ccc(N4CCC(C(F)(F)F)CC4)c(F)c3)ccc21. The summed E-state index contributed by atoms with van der Waals surface area (Å²) >= 11 is 0. The van der Waals surface area contributed by atoms with Gasteiger partial charge < -0.3 is 19.9 Å². The van der Waals surface area contributed by atoms with Crippen LogP contribution in [0, 0.1) is 11.7 Å². The van der Waals surface area contributed by atoms with Crippen LogP contribution in [0.25, 0.3) is 0 Å². The zero-order valence-corrected chi connectivity index (χ0v) is 16.3. The van der Waals surface area contributed by atoms with Crippen LogP contribution in [0.2, 0.25) is 0 Å². The Balaban J connectivity index is 1.45. The molecule has 2 aliphatic heterocycles. The van der Waals surface area contributed by atoms with Crippen molar-refractivity contribution in [3.8, 4) is 5.75 Å². The molecule has 0 radical (unpaired) electrons. The van der Waals surface area contributed by atoms with Crippen molar-refractivity contribution in [1.82, 2.24) is 0 Å². The van der Waals surface area contributed by atoms with Crippen LogP contribution in [-0.2, 0) is 4.79 Å². The molecule has 2 heterocycles. The quantitative estimate of drug-likeness (QED) is 0.727. The number of rotatable bonds is 3. The van der Waals surface area contributed by atoms with Gasteiger partial charge in [-0.25, -0.2) is 4.39 Å². The second-order valence-electron chi connectivity index (χ2n) is 7.52. The number of alkyl halides is 3. The Morgan fingerprint density at radius 3 is 2.30 bits per heavy atom. The van der Waals surface area contributed by atoms with Gasteiger partial charge in [0, 0.05) is 37.6 Å². The molecule has 0 bridgehead atoms. The van der Waals surface area contributed by atoms with Crippen molar-refractivity contribution in [2.24, 2.45) is 5.92 Å². The molecule has 160 valence electrons. The first kappa shape index (κ1) is 20.3. The van der Waals surface area contributed by atoms with E-state index in [1.54, 1.807) is 42.3 Å². The van der Waals surface area contributed by atoms with E-state index in [4.69, 9.17) is 4.74 Å². The van der Waals surface area contributed by atoms with E-state index < -0.39 is 17.9 Å². The number of nitrogens with zero attached hydrogens (tertiary/aromatic N) is 2. The summed E-state index contributed by atoms with van der Waals surface area (Å²) in [6.07, 6.45) is -4.26. The van der Waals surface area contributed by atoms with Gasteiger partial charge in [0.25, 0.3) is 5.91 Å². The number of fused-ring (bicyclic) bond motifs is 1. The Hall–Kier alpha value is -2.97. The standard InChI is InChI=1S/C21H21F4N3O2/c1-27-18-5-3-15(11-19(18)30-12-20(27)29)26-14-2-4-17(16(22)10-14)28-8-6-13(7-9-28)21(23,24)25/h2-5,10-11,13,26H,6-9,12H2,1H3. The first-order valence-corrected chi connectivity index (χ1v) is 9.64. The van der Waals surface area contributed by atoms with E-state index in [1.165, 1.54) is 11.0 Å². The van der Waals surface area contributed by atoms with Crippen LogP contribution in [0.1, 0.15) is 12.8 Å². The molecule has 1 amide bonds. The molecule has 2 aliphatic rings. The van der Waals surface area contributed by atoms with E-state index in [9.17, 15) is 22.4 Å². The summed E-state index contributed by atoms with van der Waals surface area (Å²) in [6.45, 7) is 0.297. The Bertz CT molecular complexity index is 956. The van der Waals surface area contributed by atoms with Crippen molar-refractivity contribution in [2.45, 2.75) is 19.0 Å². The van der Waals surface area contributed by atoms with Crippen LogP contribution in [0.4, 0.5) is 40.3 Å². The van der Waals surface area contributed by atoms with E-state index in [0.717, 1.165) is 0 Å². The van der Waals surface area contributed by atoms with Gasteiger partial charge in [-0.15, -0.1) is 0 Å². The van der Waals surface area contributed by atoms with Gasteiger partial charge >= 0.3 is 6.18 Å². The lowest BCUT2D eigenvalue weighted by molar-refractivity contribution is -0.179. The molecule has 0 atom stereocenters. The summed E-state index contributed by atoms with van der Waals surface area (Å²) in [4.78, 5) is 14.9. The molecule has 5 nitrogen and oxygen atoms in total. The number of benzene rings is 2. The predicted molar refractivity (Wildman–Crippen MR) is 106 cm³/mol. The number of amides is 1. The fourth-order valence-electron chi connectivity index (χ4n) is 3.81. The smallest absolute Gasteiger partial charge is 0.391 e. The number of carbonyl (C=O) groups is 1. The number of carbonyl (C=O) groups excluding carboxylic acids is 1. The third kappa shape index (κ3) is 4.01. The first-order chi connectivity index (χ1) is 14.2. The maximum atomic E-state index is 14.7. The average Bonchev–Trinajstić information content (AvgIpc) is 2.70. The zero-order valence-electron chi connectivity index (χ0n) is 16.3. The molecule has 0 aliphatic carbocycles. The van der Waals surface area contributed by atoms with E-state index in [-0.39, 0.29) is 38.4 Å². The largest absolute Gasteiger partial charge is 0.481 e. The molecule has 2 aromatic carbocycles. The predicted octanol–water partition coefficient (Wildman–Crippen LogP) is 4.70. The zero-order chi connectivity index (χ0) is 21.5. The van der Waals surface area contributed by atoms with Crippen LogP contribution in [0.3, 0.4) is 0 Å². The molecular formula is C21H21F4N3O2. The number of ether oxygens (including phenoxy) is 1. The third-order valence-electron chi connectivity index (χ3n) is 5.58. The Morgan fingerprint density at radius 2 is 1.67 bits per heavy atom. The number of anilines is 4. The molecule has 0 aromatic heterocycles. The van der Waals surface area contributed by atoms with Crippen molar-refractivity contribution >= 4 is 28.7 Å². The summed E-state index contributed by atoms with van der Waals surface area (Å²) in [7, 11) is 1.67. The van der Waals surface area contributed by atoms with Gasteiger partial charge in [-0.05, 0) is 43.2 Å². The van der Waals surface area contributed by atoms with Crippen molar-refractivity contribution in [3.63, 3.8) is 0 Å². The lowest BCUT2D eigenvalue weighted by Gasteiger charge is -2.34. The number of nitrogens with one attached hydrogen (secondary N) is 1. The van der Waals surface area contributed by atoms with Crippen molar-refractivity contribution in [1.29, 1.82) is 0 Å². The second kappa shape index (κ2) is 7.70. The fourth-order valence-corrected chi connectivity index (χ4v) is 3.81. The van der Waals surface area contributed by atoms with Crippen LogP contribution in [0.5, 0.6) is 5.75 Å². The molecule has 1 N–H and O–H groups in total. The highest BCUT2D eigenvalue weighted by molar-refractivity contribution is 5.97. The number of hydrogen-bond donors (Lipinski definition) is 1. The lowest BCUT2D eigenvalue weighted by atomic mass is 9.96. The number of halogens is 4. The van der Waals surface area contributed by atoms with Gasteiger partial charge in [0.15, 0.2) is 6.61 Å². The van der Waals surface area contributed by atoms with Gasteiger partial charge in [-0.3, -0.25) is 4.79 Å². The summed E-state index contributed by atoms with van der Waals surface area (Å²) < 4.78 is 58.6. The highest BCUT2D eigenvalue weighted by Gasteiger charge is 2.41. The highest BCUT2D eigenvalue weighted by atomic mass is 19.4. The molecule has 2 aromatic rings. The van der Waals surface area contributed by atoms with Gasteiger partial charge in [0.05, 0.1) is 17.3 Å². The lowest BCUT2D eigenvalue weighted by Crippen LogP contribution is -2.39. The monoisotopic (exact) mass is 423 g/mol. The Morgan fingerprint density at radius 1 is 1.03 bits per heavy atom. The van der Waals surface area contributed by atoms with E-state index in [2.05, 4.69) is 5.32 Å². The van der Waals surface area contributed by atoms with Crippen molar-refractivity contribution in [3.05, 3.63) is 42.2 Å². The molecule has 1 saturated heterocycles. The van der Waals surface area contributed by atoms with Crippen LogP contribution in [0.15, 0.2) is 36.4 Å². The van der Waals surface area contributed by atoms with Gasteiger partial charge in [-0.1, -0.05) is 0 Å². The molecule has 4 rings (SSSR count). The normalized spacial score (nSPS) is 17.6. The Kier molecular flexibility index (Phi) is 5.21. The summed E-state index contributed by atoms with van der Waals surface area (Å²) in [5, 5.41) is 3.09. The van der Waals surface area contributed by atoms with Crippen LogP contribution >= 0.6 is 0 Å². The minimum atomic E-state index is -4.20. The van der Waals surface area contributed by atoms with Gasteiger partial charge in [0.1, 0.15) is 11.6 Å². The first-order valence-electron chi connectivity index (χ1n) is 9.64. The van der Waals surface area contributed by atoms with Gasteiger partial charge in [0.2, 0.25) is 0 Å². The number of likely N-dealkylation sites (N-methyl/N-ethyl adjacent to an activating group) is 1. The Labute approximate surface area is 171 Å². The number of piperidine rings is 1. The fraction of sp³-hybridized carbons (Fsp3) is 0.381. The molecule has 0 spiro atoms. The van der Waals surface area contributed by atoms with Crippen LogP contribution in [-0.4, -0.2) is 38.8 Å². The molecule has 9 heteroatoms. The minimum absolute atomic E-state index is 0.0327. The second-order valence-corrected chi connectivity index (χ2v) is 7.52. The maximum absolute atomic E-state index is 14.7. The summed E-state index contributed by atoms with van der Waals surface area (Å²) in [5.41, 5.74) is 2.12. The van der Waals surface area contributed by atoms with E-state index in [0.29, 0.717) is 28.5 Å². The van der Waals surface area contributed by atoms with Crippen LogP contribution < -0.4 is 19.9 Å². The topological polar surface area (TPSA) is 44.8 Å². The third-order valence-corrected chi connectivity index (χ3v) is 5.58. The summed E-state index contributed by atoms with van der Waals surface area (Å²) in [6, 6.07) is 9.81. The minimum Gasteiger partial charge on any atom is -0.481 e. The van der Waals surface area contributed by atoms with Crippen molar-refractivity contribution in [2.75, 3.05) is 41.9 Å². The average molecular weight is 423 g/mol. The van der Waals surface area contributed by atoms with E-state index >= 15 is 0 Å². The molecule has 0 saturated carbocycles. The number of hydrogen-bond acceptors (Lipinski definition) is 4. The molecular weight excluding hydrogens is 402 g/mol. The van der Waals surface area contributed by atoms with Gasteiger partial charge in [-0.2, -0.15) is 13.2 Å². The molecule has 1 fully saturated rings. The highest BCUT2D eigenvalue weighted by Crippen LogP contribution is 2.37. The molecule has 30 heavy (non-hydrogen) atoms. The van der Waals surface area contributed by atoms with Crippen molar-refractivity contribution < 1.29 is 27.1 Å².